The van der Waals surface area contributed by atoms with Crippen LogP contribution in [0.15, 0.2) is 82.3 Å². The molecular weight excluding hydrogens is 356 g/mol. The number of aryl methyl sites for hydroxylation is 2. The Morgan fingerprint density at radius 2 is 1.63 bits per heavy atom. The molecule has 4 heteroatoms. The van der Waals surface area contributed by atoms with E-state index in [2.05, 4.69) is 30.4 Å². The second-order valence-corrected chi connectivity index (χ2v) is 6.98. The molecule has 0 aliphatic heterocycles. The molecule has 134 valence electrons. The molecule has 0 amide bonds. The van der Waals surface area contributed by atoms with Gasteiger partial charge in [0.1, 0.15) is 11.3 Å². The molecule has 1 N–H and O–H groups in total. The number of hydrogen-bond acceptors (Lipinski definition) is 3. The number of benzene rings is 3. The lowest BCUT2D eigenvalue weighted by Crippen LogP contribution is -2.09. The van der Waals surface area contributed by atoms with Crippen molar-refractivity contribution in [3.8, 4) is 11.3 Å². The van der Waals surface area contributed by atoms with E-state index < -0.39 is 0 Å². The van der Waals surface area contributed by atoms with Crippen LogP contribution in [0.3, 0.4) is 0 Å². The molecule has 4 aromatic rings. The number of nitrogens with zero attached hydrogens (tertiary/aromatic N) is 1. The van der Waals surface area contributed by atoms with Crippen LogP contribution in [0.1, 0.15) is 11.1 Å². The fourth-order valence-electron chi connectivity index (χ4n) is 3.16. The summed E-state index contributed by atoms with van der Waals surface area (Å²) in [4.78, 5) is 0. The maximum Gasteiger partial charge on any atom is 0.137 e. The molecule has 0 atom stereocenters. The summed E-state index contributed by atoms with van der Waals surface area (Å²) in [7, 11) is 0. The number of hydrogen-bond donors (Lipinski definition) is 1. The average molecular weight is 375 g/mol. The van der Waals surface area contributed by atoms with Crippen LogP contribution in [0, 0.1) is 13.8 Å². The van der Waals surface area contributed by atoms with E-state index in [1.165, 1.54) is 0 Å². The lowest BCUT2D eigenvalue weighted by molar-refractivity contribution is 0.617. The number of anilines is 1. The first-order chi connectivity index (χ1) is 13.1. The average Bonchev–Trinajstić information content (AvgIpc) is 2.67. The van der Waals surface area contributed by atoms with Crippen LogP contribution in [0.5, 0.6) is 0 Å². The van der Waals surface area contributed by atoms with Gasteiger partial charge in [-0.15, -0.1) is 0 Å². The smallest absolute Gasteiger partial charge is 0.137 e. The molecule has 4 rings (SSSR count). The Morgan fingerprint density at radius 3 is 2.37 bits per heavy atom. The molecule has 27 heavy (non-hydrogen) atoms. The number of fused-ring (bicyclic) bond motifs is 1. The number of rotatable bonds is 3. The zero-order chi connectivity index (χ0) is 18.8. The van der Waals surface area contributed by atoms with Gasteiger partial charge in [-0.05, 0) is 67.4 Å². The van der Waals surface area contributed by atoms with Crippen LogP contribution in [0.25, 0.3) is 22.3 Å². The second-order valence-electron chi connectivity index (χ2n) is 6.55. The highest BCUT2D eigenvalue weighted by molar-refractivity contribution is 6.30. The van der Waals surface area contributed by atoms with Gasteiger partial charge in [-0.2, -0.15) is 5.10 Å². The van der Waals surface area contributed by atoms with Gasteiger partial charge in [-0.3, -0.25) is 5.43 Å². The van der Waals surface area contributed by atoms with Gasteiger partial charge >= 0.3 is 0 Å². The van der Waals surface area contributed by atoms with Crippen LogP contribution in [0.4, 0.5) is 5.69 Å². The van der Waals surface area contributed by atoms with E-state index >= 15 is 0 Å². The number of nitrogens with one attached hydrogen (secondary N) is 1. The standard InChI is InChI=1S/C23H19ClN2O/c1-15-12-16(2)23-20(26-25-19-6-4-3-5-7-19)14-21(27-22(23)13-15)17-8-10-18(24)11-9-17/h3-14,25H,1-2H3/b26-20+. The second kappa shape index (κ2) is 7.29. The predicted octanol–water partition coefficient (Wildman–Crippen LogP) is 6.30. The molecule has 0 unspecified atom stereocenters. The minimum atomic E-state index is 0.696. The summed E-state index contributed by atoms with van der Waals surface area (Å²) < 4.78 is 6.21. The Labute approximate surface area is 162 Å². The van der Waals surface area contributed by atoms with Gasteiger partial charge in [0.25, 0.3) is 0 Å². The molecule has 0 bridgehead atoms. The summed E-state index contributed by atoms with van der Waals surface area (Å²) in [6.45, 7) is 4.14. The third kappa shape index (κ3) is 3.74. The van der Waals surface area contributed by atoms with Gasteiger partial charge in [-0.1, -0.05) is 35.9 Å². The van der Waals surface area contributed by atoms with Crippen molar-refractivity contribution >= 4 is 28.3 Å². The van der Waals surface area contributed by atoms with E-state index in [4.69, 9.17) is 16.0 Å². The summed E-state index contributed by atoms with van der Waals surface area (Å²) in [6.07, 6.45) is 0. The van der Waals surface area contributed by atoms with Gasteiger partial charge in [0.2, 0.25) is 0 Å². The fourth-order valence-corrected chi connectivity index (χ4v) is 3.29. The van der Waals surface area contributed by atoms with E-state index in [9.17, 15) is 0 Å². The van der Waals surface area contributed by atoms with Crippen LogP contribution in [-0.4, -0.2) is 0 Å². The molecular formula is C23H19ClN2O. The third-order valence-corrected chi connectivity index (χ3v) is 4.65. The maximum absolute atomic E-state index is 6.21. The Kier molecular flexibility index (Phi) is 4.69. The van der Waals surface area contributed by atoms with Gasteiger partial charge < -0.3 is 4.42 Å². The van der Waals surface area contributed by atoms with Crippen molar-refractivity contribution in [2.24, 2.45) is 5.10 Å². The topological polar surface area (TPSA) is 37.5 Å². The normalized spacial score (nSPS) is 11.7. The van der Waals surface area contributed by atoms with Crippen molar-refractivity contribution in [2.75, 3.05) is 5.43 Å². The quantitative estimate of drug-likeness (QED) is 0.427. The Hall–Kier alpha value is -3.04. The molecule has 3 nitrogen and oxygen atoms in total. The highest BCUT2D eigenvalue weighted by Gasteiger charge is 2.09. The highest BCUT2D eigenvalue weighted by Crippen LogP contribution is 2.26. The molecule has 0 fully saturated rings. The summed E-state index contributed by atoms with van der Waals surface area (Å²) >= 11 is 6.03. The summed E-state index contributed by atoms with van der Waals surface area (Å²) in [5.41, 5.74) is 8.13. The summed E-state index contributed by atoms with van der Waals surface area (Å²) in [5, 5.41) is 7.20. The van der Waals surface area contributed by atoms with Gasteiger partial charge in [-0.25, -0.2) is 0 Å². The minimum Gasteiger partial charge on any atom is -0.456 e. The molecule has 1 aromatic heterocycles. The van der Waals surface area contributed by atoms with Crippen LogP contribution in [-0.2, 0) is 0 Å². The first-order valence-corrected chi connectivity index (χ1v) is 9.14. The van der Waals surface area contributed by atoms with Gasteiger partial charge in [0, 0.05) is 22.0 Å². The molecule has 3 aromatic carbocycles. The predicted molar refractivity (Wildman–Crippen MR) is 112 cm³/mol. The lowest BCUT2D eigenvalue weighted by atomic mass is 10.1. The van der Waals surface area contributed by atoms with E-state index in [1.807, 2.05) is 66.7 Å². The van der Waals surface area contributed by atoms with E-state index in [0.717, 1.165) is 44.5 Å². The molecule has 0 aliphatic carbocycles. The fraction of sp³-hybridized carbons (Fsp3) is 0.0870. The Bertz CT molecular complexity index is 1160. The zero-order valence-electron chi connectivity index (χ0n) is 15.2. The molecule has 0 spiro atoms. The van der Waals surface area contributed by atoms with Crippen molar-refractivity contribution in [3.05, 3.63) is 94.3 Å². The monoisotopic (exact) mass is 374 g/mol. The Morgan fingerprint density at radius 1 is 0.889 bits per heavy atom. The highest BCUT2D eigenvalue weighted by atomic mass is 35.5. The van der Waals surface area contributed by atoms with Crippen molar-refractivity contribution in [1.82, 2.24) is 0 Å². The number of para-hydroxylation sites is 1. The lowest BCUT2D eigenvalue weighted by Gasteiger charge is -2.09. The first-order valence-electron chi connectivity index (χ1n) is 8.76. The summed E-state index contributed by atoms with van der Waals surface area (Å²) in [5.74, 6) is 0.748. The van der Waals surface area contributed by atoms with Crippen molar-refractivity contribution < 1.29 is 4.42 Å². The van der Waals surface area contributed by atoms with Crippen molar-refractivity contribution in [2.45, 2.75) is 13.8 Å². The molecule has 0 radical (unpaired) electrons. The third-order valence-electron chi connectivity index (χ3n) is 4.40. The number of halogens is 1. The van der Waals surface area contributed by atoms with Crippen LogP contribution >= 0.6 is 11.6 Å². The molecule has 0 saturated heterocycles. The van der Waals surface area contributed by atoms with Crippen molar-refractivity contribution in [3.63, 3.8) is 0 Å². The first kappa shape index (κ1) is 17.4. The van der Waals surface area contributed by atoms with E-state index in [0.29, 0.717) is 5.02 Å². The molecule has 0 aliphatic rings. The van der Waals surface area contributed by atoms with E-state index in [-0.39, 0.29) is 0 Å². The molecule has 0 saturated carbocycles. The molecule has 1 heterocycles. The maximum atomic E-state index is 6.21. The van der Waals surface area contributed by atoms with E-state index in [1.54, 1.807) is 0 Å². The largest absolute Gasteiger partial charge is 0.456 e. The van der Waals surface area contributed by atoms with Crippen LogP contribution < -0.4 is 10.8 Å². The zero-order valence-corrected chi connectivity index (χ0v) is 15.9. The Balaban J connectivity index is 1.93. The van der Waals surface area contributed by atoms with Gasteiger partial charge in [0.05, 0.1) is 11.0 Å². The minimum absolute atomic E-state index is 0.696. The van der Waals surface area contributed by atoms with Crippen LogP contribution in [0.2, 0.25) is 5.02 Å². The van der Waals surface area contributed by atoms with Gasteiger partial charge in [0.15, 0.2) is 0 Å². The SMILES string of the molecule is Cc1cc(C)c2/c(=N/Nc3ccccc3)cc(-c3ccc(Cl)cc3)oc2c1. The summed E-state index contributed by atoms with van der Waals surface area (Å²) in [6, 6.07) is 23.7. The van der Waals surface area contributed by atoms with Crippen molar-refractivity contribution in [1.29, 1.82) is 0 Å².